The van der Waals surface area contributed by atoms with Gasteiger partial charge in [0.15, 0.2) is 0 Å². The summed E-state index contributed by atoms with van der Waals surface area (Å²) in [6.07, 6.45) is 4.18. The van der Waals surface area contributed by atoms with Crippen molar-refractivity contribution in [2.24, 2.45) is 5.92 Å². The van der Waals surface area contributed by atoms with E-state index in [2.05, 4.69) is 25.3 Å². The first kappa shape index (κ1) is 12.2. The number of hydrogen-bond acceptors (Lipinski definition) is 2. The van der Waals surface area contributed by atoms with Crippen LogP contribution in [0.25, 0.3) is 0 Å². The van der Waals surface area contributed by atoms with E-state index in [-0.39, 0.29) is 5.54 Å². The van der Waals surface area contributed by atoms with Gasteiger partial charge >= 0.3 is 5.97 Å². The van der Waals surface area contributed by atoms with Gasteiger partial charge in [-0.25, -0.2) is 0 Å². The molecule has 0 aromatic carbocycles. The first-order valence-corrected chi connectivity index (χ1v) is 5.53. The van der Waals surface area contributed by atoms with Gasteiger partial charge < -0.3 is 5.11 Å². The number of piperidine rings is 1. The molecule has 1 heterocycles. The minimum Gasteiger partial charge on any atom is -0.481 e. The van der Waals surface area contributed by atoms with E-state index in [0.29, 0.717) is 12.3 Å². The topological polar surface area (TPSA) is 40.5 Å². The van der Waals surface area contributed by atoms with Crippen LogP contribution in [0.15, 0.2) is 12.7 Å². The van der Waals surface area contributed by atoms with Crippen LogP contribution in [0.3, 0.4) is 0 Å². The molecule has 0 aromatic heterocycles. The largest absolute Gasteiger partial charge is 0.481 e. The number of carboxylic acids is 1. The van der Waals surface area contributed by atoms with Gasteiger partial charge in [0.25, 0.3) is 0 Å². The van der Waals surface area contributed by atoms with Crippen molar-refractivity contribution in [2.75, 3.05) is 13.1 Å². The molecule has 1 atom stereocenters. The van der Waals surface area contributed by atoms with Gasteiger partial charge in [-0.1, -0.05) is 6.08 Å². The van der Waals surface area contributed by atoms with E-state index in [9.17, 15) is 4.79 Å². The normalized spacial score (nSPS) is 26.1. The summed E-state index contributed by atoms with van der Waals surface area (Å²) in [5.41, 5.74) is 0.104. The van der Waals surface area contributed by atoms with Gasteiger partial charge in [-0.15, -0.1) is 6.58 Å². The van der Waals surface area contributed by atoms with Crippen molar-refractivity contribution < 1.29 is 9.90 Å². The number of carboxylic acid groups (broad SMARTS) is 1. The Kier molecular flexibility index (Phi) is 3.91. The highest BCUT2D eigenvalue weighted by Gasteiger charge is 2.34. The third kappa shape index (κ3) is 3.34. The van der Waals surface area contributed by atoms with Crippen LogP contribution in [0.5, 0.6) is 0 Å². The number of likely N-dealkylation sites (tertiary alicyclic amines) is 1. The number of nitrogens with zero attached hydrogens (tertiary/aromatic N) is 1. The Morgan fingerprint density at radius 1 is 1.67 bits per heavy atom. The number of rotatable bonds is 4. The minimum atomic E-state index is -0.673. The monoisotopic (exact) mass is 211 g/mol. The molecule has 0 amide bonds. The van der Waals surface area contributed by atoms with E-state index in [1.807, 2.05) is 6.08 Å². The molecule has 15 heavy (non-hydrogen) atoms. The molecule has 0 spiro atoms. The van der Waals surface area contributed by atoms with Crippen molar-refractivity contribution >= 4 is 5.97 Å². The van der Waals surface area contributed by atoms with Crippen molar-refractivity contribution in [1.29, 1.82) is 0 Å². The zero-order valence-electron chi connectivity index (χ0n) is 9.70. The Morgan fingerprint density at radius 2 is 2.33 bits per heavy atom. The van der Waals surface area contributed by atoms with Gasteiger partial charge in [0, 0.05) is 18.5 Å². The summed E-state index contributed by atoms with van der Waals surface area (Å²) in [5.74, 6) is -0.341. The Labute approximate surface area is 91.8 Å². The Bertz CT molecular complexity index is 248. The van der Waals surface area contributed by atoms with E-state index in [4.69, 9.17) is 5.11 Å². The third-order valence-electron chi connectivity index (χ3n) is 3.26. The van der Waals surface area contributed by atoms with Crippen molar-refractivity contribution in [2.45, 2.75) is 38.6 Å². The third-order valence-corrected chi connectivity index (χ3v) is 3.26. The summed E-state index contributed by atoms with van der Waals surface area (Å²) in [5, 5.41) is 8.78. The lowest BCUT2D eigenvalue weighted by molar-refractivity contribution is -0.138. The molecule has 0 saturated carbocycles. The van der Waals surface area contributed by atoms with Crippen LogP contribution in [0.4, 0.5) is 0 Å². The lowest BCUT2D eigenvalue weighted by Crippen LogP contribution is -2.50. The maximum atomic E-state index is 10.7. The van der Waals surface area contributed by atoms with Crippen molar-refractivity contribution in [1.82, 2.24) is 4.90 Å². The standard InChI is InChI=1S/C12H21NO2/c1-4-6-13-7-5-10(8-11(14)15)9-12(13,2)3/h4,10H,1,5-9H2,2-3H3,(H,14,15). The SMILES string of the molecule is C=CCN1CCC(CC(=O)O)CC1(C)C. The summed E-state index contributed by atoms with van der Waals surface area (Å²) in [7, 11) is 0. The average molecular weight is 211 g/mol. The molecular weight excluding hydrogens is 190 g/mol. The van der Waals surface area contributed by atoms with Crippen LogP contribution in [0, 0.1) is 5.92 Å². The zero-order chi connectivity index (χ0) is 11.5. The molecule has 3 heteroatoms. The summed E-state index contributed by atoms with van der Waals surface area (Å²) < 4.78 is 0. The fraction of sp³-hybridized carbons (Fsp3) is 0.750. The molecular formula is C12H21NO2. The fourth-order valence-corrected chi connectivity index (χ4v) is 2.49. The van der Waals surface area contributed by atoms with Gasteiger partial charge in [0.1, 0.15) is 0 Å². The van der Waals surface area contributed by atoms with Crippen LogP contribution in [-0.2, 0) is 4.79 Å². The summed E-state index contributed by atoms with van der Waals surface area (Å²) in [4.78, 5) is 13.0. The second-order valence-corrected chi connectivity index (χ2v) is 5.00. The van der Waals surface area contributed by atoms with Gasteiger partial charge in [0.05, 0.1) is 0 Å². The molecule has 1 fully saturated rings. The minimum absolute atomic E-state index is 0.104. The first-order chi connectivity index (χ1) is 6.95. The van der Waals surface area contributed by atoms with Gasteiger partial charge in [-0.2, -0.15) is 0 Å². The molecule has 0 aromatic rings. The molecule has 1 saturated heterocycles. The highest BCUT2D eigenvalue weighted by Crippen LogP contribution is 2.32. The van der Waals surface area contributed by atoms with E-state index >= 15 is 0 Å². The second-order valence-electron chi connectivity index (χ2n) is 5.00. The summed E-state index contributed by atoms with van der Waals surface area (Å²) >= 11 is 0. The number of carbonyl (C=O) groups is 1. The fourth-order valence-electron chi connectivity index (χ4n) is 2.49. The zero-order valence-corrected chi connectivity index (χ0v) is 9.70. The van der Waals surface area contributed by atoms with Crippen LogP contribution >= 0.6 is 0 Å². The average Bonchev–Trinajstić information content (AvgIpc) is 2.08. The van der Waals surface area contributed by atoms with Gasteiger partial charge in [-0.05, 0) is 39.2 Å². The van der Waals surface area contributed by atoms with E-state index < -0.39 is 5.97 Å². The summed E-state index contributed by atoms with van der Waals surface area (Å²) in [6.45, 7) is 10.0. The van der Waals surface area contributed by atoms with E-state index in [1.54, 1.807) is 0 Å². The molecule has 1 rings (SSSR count). The van der Waals surface area contributed by atoms with Crippen molar-refractivity contribution in [3.05, 3.63) is 12.7 Å². The predicted octanol–water partition coefficient (Wildman–Crippen LogP) is 2.14. The maximum absolute atomic E-state index is 10.7. The quantitative estimate of drug-likeness (QED) is 0.724. The number of hydrogen-bond donors (Lipinski definition) is 1. The molecule has 1 unspecified atom stereocenters. The van der Waals surface area contributed by atoms with Crippen LogP contribution in [0.1, 0.15) is 33.1 Å². The lowest BCUT2D eigenvalue weighted by Gasteiger charge is -2.45. The van der Waals surface area contributed by atoms with E-state index in [1.165, 1.54) is 0 Å². The Morgan fingerprint density at radius 3 is 2.80 bits per heavy atom. The highest BCUT2D eigenvalue weighted by atomic mass is 16.4. The smallest absolute Gasteiger partial charge is 0.303 e. The summed E-state index contributed by atoms with van der Waals surface area (Å²) in [6, 6.07) is 0. The van der Waals surface area contributed by atoms with Gasteiger partial charge in [0.2, 0.25) is 0 Å². The Hall–Kier alpha value is -0.830. The first-order valence-electron chi connectivity index (χ1n) is 5.53. The highest BCUT2D eigenvalue weighted by molar-refractivity contribution is 5.67. The Balaban J connectivity index is 2.55. The molecule has 0 bridgehead atoms. The van der Waals surface area contributed by atoms with Gasteiger partial charge in [-0.3, -0.25) is 9.69 Å². The lowest BCUT2D eigenvalue weighted by atomic mass is 9.81. The van der Waals surface area contributed by atoms with Crippen LogP contribution < -0.4 is 0 Å². The number of aliphatic carboxylic acids is 1. The molecule has 1 N–H and O–H groups in total. The molecule has 86 valence electrons. The van der Waals surface area contributed by atoms with Crippen LogP contribution in [-0.4, -0.2) is 34.6 Å². The molecule has 1 aliphatic heterocycles. The van der Waals surface area contributed by atoms with Crippen molar-refractivity contribution in [3.63, 3.8) is 0 Å². The van der Waals surface area contributed by atoms with Crippen LogP contribution in [0.2, 0.25) is 0 Å². The van der Waals surface area contributed by atoms with E-state index in [0.717, 1.165) is 25.9 Å². The molecule has 0 aliphatic carbocycles. The molecule has 0 radical (unpaired) electrons. The molecule has 3 nitrogen and oxygen atoms in total. The second kappa shape index (κ2) is 4.79. The maximum Gasteiger partial charge on any atom is 0.303 e. The molecule has 1 aliphatic rings. The van der Waals surface area contributed by atoms with Crippen molar-refractivity contribution in [3.8, 4) is 0 Å². The predicted molar refractivity (Wildman–Crippen MR) is 60.8 cm³/mol.